The Kier molecular flexibility index (Phi) is 8.32. The molecule has 204 valence electrons. The van der Waals surface area contributed by atoms with Crippen LogP contribution in [-0.4, -0.2) is 46.6 Å². The Balaban J connectivity index is 1.48. The summed E-state index contributed by atoms with van der Waals surface area (Å²) < 4.78 is 45.2. The average Bonchev–Trinajstić information content (AvgIpc) is 2.86. The standard InChI is InChI=1S/C27H31F3N4O4/c1-2-38-23(35)13-26(16-27(28,29)30)11-10-17-12-18(8-9-20(17)24(26)36)21-14-32-22(15-31-21)34-25(37)33-19-6-4-3-5-7-19/h8-9,12,14-15,19H,2-7,10-11,13,16H2,1H3,(H2,32,33,34,37). The maximum Gasteiger partial charge on any atom is 0.390 e. The fourth-order valence-electron chi connectivity index (χ4n) is 5.35. The molecule has 2 aliphatic carbocycles. The Morgan fingerprint density at radius 2 is 1.89 bits per heavy atom. The minimum atomic E-state index is -4.61. The number of esters is 1. The summed E-state index contributed by atoms with van der Waals surface area (Å²) in [5.74, 6) is -1.24. The summed E-state index contributed by atoms with van der Waals surface area (Å²) in [6.07, 6.45) is 1.67. The molecule has 1 aromatic carbocycles. The fraction of sp³-hybridized carbons (Fsp3) is 0.519. The minimum absolute atomic E-state index is 0.0234. The van der Waals surface area contributed by atoms with Crippen LogP contribution in [0.2, 0.25) is 0 Å². The number of nitrogens with one attached hydrogen (secondary N) is 2. The molecule has 0 saturated heterocycles. The number of nitrogens with zero attached hydrogens (tertiary/aromatic N) is 2. The zero-order valence-corrected chi connectivity index (χ0v) is 21.2. The summed E-state index contributed by atoms with van der Waals surface area (Å²) in [6, 6.07) is 4.60. The van der Waals surface area contributed by atoms with E-state index in [-0.39, 0.29) is 42.9 Å². The van der Waals surface area contributed by atoms with Crippen LogP contribution in [0.3, 0.4) is 0 Å². The van der Waals surface area contributed by atoms with Gasteiger partial charge in [-0.15, -0.1) is 0 Å². The van der Waals surface area contributed by atoms with Gasteiger partial charge in [-0.1, -0.05) is 31.4 Å². The van der Waals surface area contributed by atoms with Crippen LogP contribution in [0.15, 0.2) is 30.6 Å². The van der Waals surface area contributed by atoms with Gasteiger partial charge < -0.3 is 10.1 Å². The largest absolute Gasteiger partial charge is 0.466 e. The normalized spacial score (nSPS) is 19.9. The summed E-state index contributed by atoms with van der Waals surface area (Å²) in [6.45, 7) is 1.58. The van der Waals surface area contributed by atoms with Crippen molar-refractivity contribution in [1.82, 2.24) is 15.3 Å². The van der Waals surface area contributed by atoms with Crippen LogP contribution in [0.5, 0.6) is 0 Å². The predicted molar refractivity (Wildman–Crippen MR) is 134 cm³/mol. The second-order valence-electron chi connectivity index (χ2n) is 9.98. The summed E-state index contributed by atoms with van der Waals surface area (Å²) in [4.78, 5) is 46.3. The van der Waals surface area contributed by atoms with Crippen molar-refractivity contribution in [3.05, 3.63) is 41.7 Å². The van der Waals surface area contributed by atoms with Gasteiger partial charge in [0.05, 0.1) is 43.0 Å². The molecule has 2 aliphatic rings. The van der Waals surface area contributed by atoms with Gasteiger partial charge in [-0.25, -0.2) is 9.78 Å². The minimum Gasteiger partial charge on any atom is -0.466 e. The second-order valence-corrected chi connectivity index (χ2v) is 9.98. The molecule has 1 fully saturated rings. The van der Waals surface area contributed by atoms with Gasteiger partial charge in [-0.3, -0.25) is 19.9 Å². The Bertz CT molecular complexity index is 1180. The van der Waals surface area contributed by atoms with Crippen molar-refractivity contribution in [2.75, 3.05) is 11.9 Å². The number of ether oxygens (including phenoxy) is 1. The highest BCUT2D eigenvalue weighted by Crippen LogP contribution is 2.46. The van der Waals surface area contributed by atoms with E-state index >= 15 is 0 Å². The van der Waals surface area contributed by atoms with Crippen molar-refractivity contribution >= 4 is 23.6 Å². The number of rotatable bonds is 7. The third kappa shape index (κ3) is 6.68. The highest BCUT2D eigenvalue weighted by Gasteiger charge is 2.51. The third-order valence-corrected chi connectivity index (χ3v) is 7.16. The van der Waals surface area contributed by atoms with Gasteiger partial charge in [-0.2, -0.15) is 13.2 Å². The molecule has 2 N–H and O–H groups in total. The fourth-order valence-corrected chi connectivity index (χ4v) is 5.35. The third-order valence-electron chi connectivity index (χ3n) is 7.16. The highest BCUT2D eigenvalue weighted by molar-refractivity contribution is 6.04. The average molecular weight is 533 g/mol. The molecule has 1 aromatic heterocycles. The molecular formula is C27H31F3N4O4. The quantitative estimate of drug-likeness (QED) is 0.448. The number of benzene rings is 1. The molecule has 8 nitrogen and oxygen atoms in total. The number of amides is 2. The van der Waals surface area contributed by atoms with E-state index in [9.17, 15) is 27.6 Å². The first-order valence-corrected chi connectivity index (χ1v) is 12.9. The van der Waals surface area contributed by atoms with Crippen LogP contribution in [0.1, 0.15) is 74.2 Å². The SMILES string of the molecule is CCOC(=O)CC1(CC(F)(F)F)CCc2cc(-c3cnc(NC(=O)NC4CCCCC4)cn3)ccc2C1=O. The molecule has 1 atom stereocenters. The van der Waals surface area contributed by atoms with Gasteiger partial charge in [0.1, 0.15) is 0 Å². The van der Waals surface area contributed by atoms with Crippen molar-refractivity contribution in [3.63, 3.8) is 0 Å². The molecule has 0 radical (unpaired) electrons. The molecule has 0 aliphatic heterocycles. The topological polar surface area (TPSA) is 110 Å². The van der Waals surface area contributed by atoms with Gasteiger partial charge in [0.2, 0.25) is 0 Å². The van der Waals surface area contributed by atoms with E-state index in [1.54, 1.807) is 19.1 Å². The number of hydrogen-bond donors (Lipinski definition) is 2. The number of urea groups is 1. The van der Waals surface area contributed by atoms with E-state index in [0.29, 0.717) is 16.8 Å². The van der Waals surface area contributed by atoms with E-state index in [1.807, 2.05) is 0 Å². The highest BCUT2D eigenvalue weighted by atomic mass is 19.4. The molecular weight excluding hydrogens is 501 g/mol. The Hall–Kier alpha value is -3.50. The zero-order valence-electron chi connectivity index (χ0n) is 21.2. The number of alkyl halides is 3. The van der Waals surface area contributed by atoms with E-state index in [1.165, 1.54) is 24.9 Å². The summed E-state index contributed by atoms with van der Waals surface area (Å²) in [7, 11) is 0. The molecule has 1 saturated carbocycles. The van der Waals surface area contributed by atoms with E-state index < -0.39 is 36.2 Å². The lowest BCUT2D eigenvalue weighted by Crippen LogP contribution is -2.42. The maximum atomic E-state index is 13.4. The van der Waals surface area contributed by atoms with Gasteiger partial charge in [0, 0.05) is 17.2 Å². The number of Topliss-reactive ketones (excluding diaryl/α,β-unsaturated/α-hetero) is 1. The number of aromatic nitrogens is 2. The molecule has 11 heteroatoms. The summed E-state index contributed by atoms with van der Waals surface area (Å²) >= 11 is 0. The number of anilines is 1. The van der Waals surface area contributed by atoms with Crippen LogP contribution in [0.4, 0.5) is 23.8 Å². The van der Waals surface area contributed by atoms with E-state index in [4.69, 9.17) is 4.74 Å². The van der Waals surface area contributed by atoms with Crippen LogP contribution >= 0.6 is 0 Å². The van der Waals surface area contributed by atoms with Gasteiger partial charge >= 0.3 is 18.2 Å². The second kappa shape index (κ2) is 11.5. The van der Waals surface area contributed by atoms with E-state index in [0.717, 1.165) is 25.7 Å². The lowest BCUT2D eigenvalue weighted by Gasteiger charge is -2.36. The van der Waals surface area contributed by atoms with Gasteiger partial charge in [0.15, 0.2) is 11.6 Å². The number of ketones is 1. The Labute approximate surface area is 218 Å². The van der Waals surface area contributed by atoms with Crippen LogP contribution in [0, 0.1) is 5.41 Å². The lowest BCUT2D eigenvalue weighted by atomic mass is 9.66. The summed E-state index contributed by atoms with van der Waals surface area (Å²) in [5.41, 5.74) is -0.0121. The predicted octanol–water partition coefficient (Wildman–Crippen LogP) is 5.62. The van der Waals surface area contributed by atoms with Crippen molar-refractivity contribution in [2.24, 2.45) is 5.41 Å². The Morgan fingerprint density at radius 1 is 1.13 bits per heavy atom. The van der Waals surface area contributed by atoms with Gasteiger partial charge in [0.25, 0.3) is 0 Å². The molecule has 1 heterocycles. The molecule has 4 rings (SSSR count). The molecule has 38 heavy (non-hydrogen) atoms. The van der Waals surface area contributed by atoms with Crippen molar-refractivity contribution in [3.8, 4) is 11.3 Å². The van der Waals surface area contributed by atoms with Gasteiger partial charge in [-0.05, 0) is 44.2 Å². The van der Waals surface area contributed by atoms with Crippen molar-refractivity contribution in [1.29, 1.82) is 0 Å². The number of aryl methyl sites for hydroxylation is 1. The molecule has 2 aromatic rings. The molecule has 0 spiro atoms. The maximum absolute atomic E-state index is 13.4. The molecule has 0 bridgehead atoms. The Morgan fingerprint density at radius 3 is 2.55 bits per heavy atom. The smallest absolute Gasteiger partial charge is 0.390 e. The van der Waals surface area contributed by atoms with Crippen LogP contribution in [0.25, 0.3) is 11.3 Å². The summed E-state index contributed by atoms with van der Waals surface area (Å²) in [5, 5.41) is 5.62. The number of carbonyl (C=O) groups excluding carboxylic acids is 3. The van der Waals surface area contributed by atoms with Crippen molar-refractivity contribution in [2.45, 2.75) is 76.9 Å². The first-order chi connectivity index (χ1) is 18.1. The van der Waals surface area contributed by atoms with Crippen LogP contribution < -0.4 is 10.6 Å². The van der Waals surface area contributed by atoms with Crippen molar-refractivity contribution < 1.29 is 32.3 Å². The number of carbonyl (C=O) groups is 3. The lowest BCUT2D eigenvalue weighted by molar-refractivity contribution is -0.162. The molecule has 2 amide bonds. The molecule has 1 unspecified atom stereocenters. The number of hydrogen-bond acceptors (Lipinski definition) is 6. The first-order valence-electron chi connectivity index (χ1n) is 12.9. The first kappa shape index (κ1) is 27.5. The van der Waals surface area contributed by atoms with E-state index in [2.05, 4.69) is 20.6 Å². The number of halogens is 3. The monoisotopic (exact) mass is 532 g/mol. The number of fused-ring (bicyclic) bond motifs is 1. The van der Waals surface area contributed by atoms with Crippen LogP contribution in [-0.2, 0) is 16.0 Å². The zero-order chi connectivity index (χ0) is 27.3.